The predicted molar refractivity (Wildman–Crippen MR) is 99.0 cm³/mol. The number of hydrogen-bond acceptors (Lipinski definition) is 6. The molecule has 0 unspecified atom stereocenters. The Balaban J connectivity index is 1.52. The standard InChI is InChI=1S/C20H14N6O/c1-2-4-15-13(3-1)14(9-16(23-15)12-5-6-12)20-24-19(25-27-20)17-10-22-18-11-21-7-8-26(17)18/h1-4,7-12H,5-6H2. The van der Waals surface area contributed by atoms with Gasteiger partial charge in [-0.2, -0.15) is 4.98 Å². The molecule has 0 N–H and O–H groups in total. The molecule has 0 spiro atoms. The summed E-state index contributed by atoms with van der Waals surface area (Å²) in [6.07, 6.45) is 9.35. The minimum absolute atomic E-state index is 0.495. The maximum atomic E-state index is 5.64. The van der Waals surface area contributed by atoms with Crippen molar-refractivity contribution >= 4 is 16.6 Å². The lowest BCUT2D eigenvalue weighted by Crippen LogP contribution is -1.92. The first-order valence-corrected chi connectivity index (χ1v) is 8.88. The molecule has 130 valence electrons. The van der Waals surface area contributed by atoms with Crippen molar-refractivity contribution in [2.45, 2.75) is 18.8 Å². The molecule has 0 bridgehead atoms. The fraction of sp³-hybridized carbons (Fsp3) is 0.150. The Morgan fingerprint density at radius 3 is 2.93 bits per heavy atom. The van der Waals surface area contributed by atoms with Gasteiger partial charge < -0.3 is 4.52 Å². The third-order valence-electron chi connectivity index (χ3n) is 4.93. The van der Waals surface area contributed by atoms with Gasteiger partial charge in [-0.25, -0.2) is 4.98 Å². The highest BCUT2D eigenvalue weighted by atomic mass is 16.5. The van der Waals surface area contributed by atoms with E-state index in [1.807, 2.05) is 34.9 Å². The molecule has 27 heavy (non-hydrogen) atoms. The van der Waals surface area contributed by atoms with Gasteiger partial charge in [-0.3, -0.25) is 14.4 Å². The van der Waals surface area contributed by atoms with Crippen LogP contribution in [0.1, 0.15) is 24.5 Å². The number of aromatic nitrogens is 6. The van der Waals surface area contributed by atoms with E-state index < -0.39 is 0 Å². The first-order chi connectivity index (χ1) is 13.4. The molecule has 7 heteroatoms. The van der Waals surface area contributed by atoms with E-state index in [9.17, 15) is 0 Å². The number of benzene rings is 1. The fourth-order valence-corrected chi connectivity index (χ4v) is 3.41. The van der Waals surface area contributed by atoms with Crippen LogP contribution < -0.4 is 0 Å². The van der Waals surface area contributed by atoms with E-state index in [-0.39, 0.29) is 0 Å². The van der Waals surface area contributed by atoms with Crippen molar-refractivity contribution in [1.29, 1.82) is 0 Å². The number of para-hydroxylation sites is 1. The molecule has 4 aromatic heterocycles. The van der Waals surface area contributed by atoms with Gasteiger partial charge in [0, 0.05) is 29.4 Å². The largest absolute Gasteiger partial charge is 0.334 e. The molecule has 1 aliphatic carbocycles. The molecule has 0 radical (unpaired) electrons. The quantitative estimate of drug-likeness (QED) is 0.489. The van der Waals surface area contributed by atoms with Crippen molar-refractivity contribution in [3.05, 3.63) is 60.8 Å². The topological polar surface area (TPSA) is 82.0 Å². The Morgan fingerprint density at radius 1 is 1.07 bits per heavy atom. The van der Waals surface area contributed by atoms with Gasteiger partial charge in [0.1, 0.15) is 5.69 Å². The molecular weight excluding hydrogens is 340 g/mol. The molecule has 4 heterocycles. The van der Waals surface area contributed by atoms with Gasteiger partial charge in [-0.05, 0) is 25.0 Å². The van der Waals surface area contributed by atoms with Crippen molar-refractivity contribution in [2.24, 2.45) is 0 Å². The second-order valence-electron chi connectivity index (χ2n) is 6.76. The lowest BCUT2D eigenvalue weighted by Gasteiger charge is -2.05. The summed E-state index contributed by atoms with van der Waals surface area (Å²) in [7, 11) is 0. The zero-order chi connectivity index (χ0) is 17.8. The summed E-state index contributed by atoms with van der Waals surface area (Å²) in [6.45, 7) is 0. The number of fused-ring (bicyclic) bond motifs is 2. The number of rotatable bonds is 3. The molecule has 0 atom stereocenters. The average molecular weight is 354 g/mol. The van der Waals surface area contributed by atoms with Crippen LogP contribution in [0.4, 0.5) is 0 Å². The molecule has 1 aliphatic rings. The lowest BCUT2D eigenvalue weighted by atomic mass is 10.1. The van der Waals surface area contributed by atoms with Gasteiger partial charge in [-0.1, -0.05) is 23.4 Å². The predicted octanol–water partition coefficient (Wildman–Crippen LogP) is 3.87. The monoisotopic (exact) mass is 354 g/mol. The van der Waals surface area contributed by atoms with Crippen LogP contribution in [0.3, 0.4) is 0 Å². The zero-order valence-electron chi connectivity index (χ0n) is 14.3. The molecule has 0 amide bonds. The van der Waals surface area contributed by atoms with Crippen LogP contribution in [0.25, 0.3) is 39.5 Å². The van der Waals surface area contributed by atoms with Gasteiger partial charge in [0.25, 0.3) is 5.89 Å². The van der Waals surface area contributed by atoms with Crippen LogP contribution >= 0.6 is 0 Å². The Bertz CT molecular complexity index is 1300. The molecule has 1 aromatic carbocycles. The van der Waals surface area contributed by atoms with Gasteiger partial charge >= 0.3 is 0 Å². The van der Waals surface area contributed by atoms with Crippen LogP contribution in [-0.2, 0) is 0 Å². The molecule has 1 fully saturated rings. The zero-order valence-corrected chi connectivity index (χ0v) is 14.3. The van der Waals surface area contributed by atoms with Crippen molar-refractivity contribution < 1.29 is 4.52 Å². The minimum Gasteiger partial charge on any atom is -0.334 e. The van der Waals surface area contributed by atoms with Gasteiger partial charge in [-0.15, -0.1) is 0 Å². The van der Waals surface area contributed by atoms with Crippen molar-refractivity contribution in [2.75, 3.05) is 0 Å². The Morgan fingerprint density at radius 2 is 2.00 bits per heavy atom. The first kappa shape index (κ1) is 14.5. The van der Waals surface area contributed by atoms with Gasteiger partial charge in [0.2, 0.25) is 5.82 Å². The summed E-state index contributed by atoms with van der Waals surface area (Å²) in [5, 5.41) is 5.21. The molecule has 0 saturated heterocycles. The molecule has 1 saturated carbocycles. The molecule has 7 nitrogen and oxygen atoms in total. The molecule has 0 aliphatic heterocycles. The second-order valence-corrected chi connectivity index (χ2v) is 6.76. The SMILES string of the molecule is c1ccc2c(-c3nc(-c4cnc5cnccn45)no3)cc(C3CC3)nc2c1. The number of pyridine rings is 1. The van der Waals surface area contributed by atoms with E-state index in [2.05, 4.69) is 26.2 Å². The van der Waals surface area contributed by atoms with Crippen molar-refractivity contribution in [3.8, 4) is 23.0 Å². The summed E-state index contributed by atoms with van der Waals surface area (Å²) >= 11 is 0. The second kappa shape index (κ2) is 5.44. The first-order valence-electron chi connectivity index (χ1n) is 8.88. The highest BCUT2D eigenvalue weighted by Gasteiger charge is 2.27. The average Bonchev–Trinajstić information content (AvgIpc) is 3.30. The summed E-state index contributed by atoms with van der Waals surface area (Å²) < 4.78 is 7.53. The van der Waals surface area contributed by atoms with Crippen LogP contribution in [0, 0.1) is 0 Å². The minimum atomic E-state index is 0.495. The maximum absolute atomic E-state index is 5.64. The third kappa shape index (κ3) is 2.32. The Hall–Kier alpha value is -3.61. The smallest absolute Gasteiger partial charge is 0.259 e. The Kier molecular flexibility index (Phi) is 2.93. The van der Waals surface area contributed by atoms with Crippen LogP contribution in [0.2, 0.25) is 0 Å². The number of nitrogens with zero attached hydrogens (tertiary/aromatic N) is 6. The number of imidazole rings is 1. The summed E-state index contributed by atoms with van der Waals surface area (Å²) in [5.74, 6) is 1.54. The molecule has 6 rings (SSSR count). The summed E-state index contributed by atoms with van der Waals surface area (Å²) in [6, 6.07) is 10.2. The van der Waals surface area contributed by atoms with E-state index in [1.165, 1.54) is 12.8 Å². The fourth-order valence-electron chi connectivity index (χ4n) is 3.41. The van der Waals surface area contributed by atoms with E-state index >= 15 is 0 Å². The van der Waals surface area contributed by atoms with Crippen molar-refractivity contribution in [1.82, 2.24) is 29.5 Å². The Labute approximate surface area is 153 Å². The highest BCUT2D eigenvalue weighted by Crippen LogP contribution is 2.41. The highest BCUT2D eigenvalue weighted by molar-refractivity contribution is 5.92. The molecular formula is C20H14N6O. The lowest BCUT2D eigenvalue weighted by molar-refractivity contribution is 0.432. The van der Waals surface area contributed by atoms with E-state index in [4.69, 9.17) is 9.51 Å². The summed E-state index contributed by atoms with van der Waals surface area (Å²) in [4.78, 5) is 17.9. The van der Waals surface area contributed by atoms with E-state index in [1.54, 1.807) is 18.6 Å². The van der Waals surface area contributed by atoms with Gasteiger partial charge in [0.15, 0.2) is 5.65 Å². The van der Waals surface area contributed by atoms with Gasteiger partial charge in [0.05, 0.1) is 23.5 Å². The van der Waals surface area contributed by atoms with Crippen LogP contribution in [0.5, 0.6) is 0 Å². The number of hydrogen-bond donors (Lipinski definition) is 0. The van der Waals surface area contributed by atoms with Crippen LogP contribution in [0.15, 0.2) is 59.6 Å². The normalized spacial score (nSPS) is 14.2. The third-order valence-corrected chi connectivity index (χ3v) is 4.93. The van der Waals surface area contributed by atoms with E-state index in [0.29, 0.717) is 17.6 Å². The van der Waals surface area contributed by atoms with Crippen molar-refractivity contribution in [3.63, 3.8) is 0 Å². The van der Waals surface area contributed by atoms with E-state index in [0.717, 1.165) is 33.5 Å². The van der Waals surface area contributed by atoms with Crippen LogP contribution in [-0.4, -0.2) is 29.5 Å². The molecule has 5 aromatic rings. The summed E-state index contributed by atoms with van der Waals surface area (Å²) in [5.41, 5.74) is 4.49. The maximum Gasteiger partial charge on any atom is 0.259 e.